The van der Waals surface area contributed by atoms with Crippen LogP contribution in [0.2, 0.25) is 0 Å². The van der Waals surface area contributed by atoms with Gasteiger partial charge in [0, 0.05) is 37.1 Å². The molecule has 254 valence electrons. The van der Waals surface area contributed by atoms with Gasteiger partial charge >= 0.3 is 12.2 Å². The van der Waals surface area contributed by atoms with Gasteiger partial charge in [-0.3, -0.25) is 20.7 Å². The van der Waals surface area contributed by atoms with Crippen LogP contribution in [0.3, 0.4) is 0 Å². The van der Waals surface area contributed by atoms with Gasteiger partial charge in [-0.2, -0.15) is 0 Å². The largest absolute Gasteiger partial charge is 0.446 e. The highest BCUT2D eigenvalue weighted by Crippen LogP contribution is 2.31. The Balaban J connectivity index is 1.86. The van der Waals surface area contributed by atoms with Crippen molar-refractivity contribution in [3.63, 3.8) is 0 Å². The van der Waals surface area contributed by atoms with Crippen molar-refractivity contribution < 1.29 is 47.3 Å². The van der Waals surface area contributed by atoms with E-state index in [1.807, 2.05) is 20.8 Å². The highest BCUT2D eigenvalue weighted by molar-refractivity contribution is 5.85. The van der Waals surface area contributed by atoms with Crippen LogP contribution in [0.5, 0.6) is 0 Å². The predicted molar refractivity (Wildman–Crippen MR) is 167 cm³/mol. The van der Waals surface area contributed by atoms with Crippen molar-refractivity contribution in [2.75, 3.05) is 37.1 Å². The van der Waals surface area contributed by atoms with Gasteiger partial charge in [-0.15, -0.1) is 0 Å². The highest BCUT2D eigenvalue weighted by atomic mass is 19.1. The van der Waals surface area contributed by atoms with E-state index in [4.69, 9.17) is 28.4 Å². The Bertz CT molecular complexity index is 1270. The minimum Gasteiger partial charge on any atom is -0.446 e. The zero-order valence-corrected chi connectivity index (χ0v) is 26.7. The molecule has 0 spiro atoms. The van der Waals surface area contributed by atoms with Crippen molar-refractivity contribution in [3.8, 4) is 0 Å². The van der Waals surface area contributed by atoms with Gasteiger partial charge in [0.1, 0.15) is 30.7 Å². The second kappa shape index (κ2) is 19.0. The summed E-state index contributed by atoms with van der Waals surface area (Å²) in [6.07, 6.45) is -2.61. The van der Waals surface area contributed by atoms with E-state index in [1.54, 1.807) is 6.92 Å². The van der Waals surface area contributed by atoms with Crippen LogP contribution in [0.4, 0.5) is 31.0 Å². The van der Waals surface area contributed by atoms with Crippen molar-refractivity contribution in [2.24, 2.45) is 0 Å². The number of amides is 2. The van der Waals surface area contributed by atoms with E-state index in [0.717, 1.165) is 25.7 Å². The SMILES string of the molecule is CCCCO[C@@H]1O[C@H](COC(=O)Nc2ccc(C)c([N+](=O)[O-])c2)[C@@H](OC(=O)Nc2ccc(F)cc2)[C@H](OCCC)[C@H]1OCCCC. The molecule has 5 atom stereocenters. The molecule has 2 aromatic carbocycles. The minimum atomic E-state index is -1.13. The lowest BCUT2D eigenvalue weighted by Gasteiger charge is -2.45. The van der Waals surface area contributed by atoms with Crippen molar-refractivity contribution in [1.29, 1.82) is 0 Å². The van der Waals surface area contributed by atoms with Gasteiger partial charge in [0.25, 0.3) is 5.69 Å². The smallest absolute Gasteiger partial charge is 0.412 e. The van der Waals surface area contributed by atoms with Gasteiger partial charge in [-0.25, -0.2) is 14.0 Å². The molecule has 0 aliphatic carbocycles. The van der Waals surface area contributed by atoms with Crippen LogP contribution < -0.4 is 10.6 Å². The van der Waals surface area contributed by atoms with Crippen molar-refractivity contribution >= 4 is 29.2 Å². The van der Waals surface area contributed by atoms with Crippen LogP contribution in [-0.2, 0) is 28.4 Å². The number of carbonyl (C=O) groups is 2. The molecule has 46 heavy (non-hydrogen) atoms. The molecule has 1 heterocycles. The molecule has 3 rings (SSSR count). The van der Waals surface area contributed by atoms with Gasteiger partial charge < -0.3 is 28.4 Å². The van der Waals surface area contributed by atoms with Crippen molar-refractivity contribution in [2.45, 2.75) is 90.5 Å². The summed E-state index contributed by atoms with van der Waals surface area (Å²) in [7, 11) is 0. The number of unbranched alkanes of at least 4 members (excludes halogenated alkanes) is 2. The van der Waals surface area contributed by atoms with Gasteiger partial charge in [0.15, 0.2) is 12.4 Å². The molecule has 2 N–H and O–H groups in total. The van der Waals surface area contributed by atoms with E-state index in [0.29, 0.717) is 37.5 Å². The first-order valence-corrected chi connectivity index (χ1v) is 15.6. The van der Waals surface area contributed by atoms with Crippen LogP contribution >= 0.6 is 0 Å². The predicted octanol–water partition coefficient (Wildman–Crippen LogP) is 6.73. The summed E-state index contributed by atoms with van der Waals surface area (Å²) in [5, 5.41) is 16.4. The number of hydrogen-bond donors (Lipinski definition) is 2. The number of nitrogens with one attached hydrogen (secondary N) is 2. The minimum absolute atomic E-state index is 0.160. The number of nitro benzene ring substituents is 1. The first kappa shape index (κ1) is 36.6. The molecule has 0 aromatic heterocycles. The van der Waals surface area contributed by atoms with Gasteiger partial charge in [0.05, 0.1) is 10.6 Å². The molecule has 2 aromatic rings. The number of ether oxygens (including phenoxy) is 6. The van der Waals surface area contributed by atoms with Crippen LogP contribution in [0.15, 0.2) is 42.5 Å². The second-order valence-electron chi connectivity index (χ2n) is 10.8. The van der Waals surface area contributed by atoms with Crippen LogP contribution in [0, 0.1) is 22.9 Å². The van der Waals surface area contributed by atoms with Crippen molar-refractivity contribution in [1.82, 2.24) is 0 Å². The molecule has 0 unspecified atom stereocenters. The normalized spacial score (nSPS) is 20.9. The molecule has 1 aliphatic rings. The third-order valence-corrected chi connectivity index (χ3v) is 7.06. The Hall–Kier alpha value is -3.85. The maximum Gasteiger partial charge on any atom is 0.412 e. The van der Waals surface area contributed by atoms with E-state index >= 15 is 0 Å². The summed E-state index contributed by atoms with van der Waals surface area (Å²) in [6.45, 7) is 8.22. The summed E-state index contributed by atoms with van der Waals surface area (Å²) in [5.74, 6) is -0.468. The van der Waals surface area contributed by atoms with E-state index < -0.39 is 60.2 Å². The monoisotopic (exact) mass is 649 g/mol. The highest BCUT2D eigenvalue weighted by Gasteiger charge is 2.50. The fraction of sp³-hybridized carbons (Fsp3) is 0.562. The molecular weight excluding hydrogens is 605 g/mol. The molecule has 14 heteroatoms. The first-order chi connectivity index (χ1) is 22.2. The quantitative estimate of drug-likeness (QED) is 0.107. The van der Waals surface area contributed by atoms with Gasteiger partial charge in [-0.1, -0.05) is 39.7 Å². The topological polar surface area (TPSA) is 157 Å². The molecule has 13 nitrogen and oxygen atoms in total. The van der Waals surface area contributed by atoms with Crippen LogP contribution in [0.1, 0.15) is 58.4 Å². The Labute approximate surface area is 268 Å². The van der Waals surface area contributed by atoms with Crippen LogP contribution in [0.25, 0.3) is 0 Å². The average molecular weight is 650 g/mol. The lowest BCUT2D eigenvalue weighted by Crippen LogP contribution is -2.62. The molecule has 2 amide bonds. The van der Waals surface area contributed by atoms with E-state index in [1.165, 1.54) is 42.5 Å². The summed E-state index contributed by atoms with van der Waals surface area (Å²) in [6, 6.07) is 9.40. The van der Waals surface area contributed by atoms with Crippen LogP contribution in [-0.4, -0.2) is 74.2 Å². The molecule has 1 fully saturated rings. The second-order valence-corrected chi connectivity index (χ2v) is 10.8. The number of halogens is 1. The number of nitro groups is 1. The number of rotatable bonds is 17. The zero-order chi connectivity index (χ0) is 33.5. The number of benzene rings is 2. The van der Waals surface area contributed by atoms with Crippen molar-refractivity contribution in [3.05, 3.63) is 64.0 Å². The molecule has 0 saturated carbocycles. The van der Waals surface area contributed by atoms with E-state index in [9.17, 15) is 24.1 Å². The Morgan fingerprint density at radius 3 is 2.13 bits per heavy atom. The van der Waals surface area contributed by atoms with Gasteiger partial charge in [-0.05, 0) is 56.5 Å². The maximum atomic E-state index is 13.4. The lowest BCUT2D eigenvalue weighted by molar-refractivity contribution is -0.385. The molecule has 0 bridgehead atoms. The molecule has 1 saturated heterocycles. The zero-order valence-electron chi connectivity index (χ0n) is 26.7. The molecule has 1 aliphatic heterocycles. The fourth-order valence-electron chi connectivity index (χ4n) is 4.62. The number of anilines is 2. The third kappa shape index (κ3) is 11.2. The molecule has 0 radical (unpaired) electrons. The average Bonchev–Trinajstić information content (AvgIpc) is 3.02. The maximum absolute atomic E-state index is 13.4. The number of hydrogen-bond acceptors (Lipinski definition) is 10. The third-order valence-electron chi connectivity index (χ3n) is 7.06. The number of aryl methyl sites for hydroxylation is 1. The lowest BCUT2D eigenvalue weighted by atomic mass is 9.98. The summed E-state index contributed by atoms with van der Waals surface area (Å²) in [4.78, 5) is 36.7. The first-order valence-electron chi connectivity index (χ1n) is 15.6. The number of nitrogens with zero attached hydrogens (tertiary/aromatic N) is 1. The Morgan fingerprint density at radius 2 is 1.48 bits per heavy atom. The van der Waals surface area contributed by atoms with E-state index in [-0.39, 0.29) is 11.4 Å². The summed E-state index contributed by atoms with van der Waals surface area (Å²) >= 11 is 0. The molecular formula is C32H44FN3O10. The fourth-order valence-corrected chi connectivity index (χ4v) is 4.62. The Morgan fingerprint density at radius 1 is 0.848 bits per heavy atom. The Kier molecular flexibility index (Phi) is 15.1. The summed E-state index contributed by atoms with van der Waals surface area (Å²) in [5.41, 5.74) is 0.727. The van der Waals surface area contributed by atoms with E-state index in [2.05, 4.69) is 10.6 Å². The van der Waals surface area contributed by atoms with Gasteiger partial charge in [0.2, 0.25) is 0 Å². The summed E-state index contributed by atoms with van der Waals surface area (Å²) < 4.78 is 49.5. The standard InChI is InChI=1S/C32H44FN3O10/c1-5-8-17-42-29-28(41-16-7-3)27(46-32(38)34-23-14-11-22(33)12-15-23)26(45-30(29)43-18-9-6-2)20-44-31(37)35-24-13-10-21(4)25(19-24)36(39)40/h10-15,19,26-30H,5-9,16-18,20H2,1-4H3,(H,34,38)(H,35,37)/t26-,27-,28+,29-,30-/m1/s1. The number of carbonyl (C=O) groups excluding carboxylic acids is 2.